The molecule has 0 aliphatic carbocycles. The summed E-state index contributed by atoms with van der Waals surface area (Å²) in [6.45, 7) is 6.07. The van der Waals surface area contributed by atoms with Crippen molar-refractivity contribution in [2.75, 3.05) is 31.7 Å². The van der Waals surface area contributed by atoms with E-state index in [0.29, 0.717) is 48.9 Å². The first-order valence-electron chi connectivity index (χ1n) is 9.64. The molecule has 0 fully saturated rings. The molecule has 0 aromatic heterocycles. The van der Waals surface area contributed by atoms with Gasteiger partial charge in [-0.3, -0.25) is 9.59 Å². The van der Waals surface area contributed by atoms with Crippen LogP contribution < -0.4 is 15.4 Å². The second kappa shape index (κ2) is 11.8. The number of carbonyl (C=O) groups is 2. The fraction of sp³-hybridized carbons (Fsp3) is 0.364. The maximum Gasteiger partial charge on any atom is 0.259 e. The predicted octanol–water partition coefficient (Wildman–Crippen LogP) is 3.88. The van der Waals surface area contributed by atoms with Crippen molar-refractivity contribution in [3.05, 3.63) is 59.7 Å². The second-order valence-electron chi connectivity index (χ2n) is 6.19. The first kappa shape index (κ1) is 21.4. The molecular formula is C22H28N2O4. The van der Waals surface area contributed by atoms with E-state index in [4.69, 9.17) is 9.47 Å². The summed E-state index contributed by atoms with van der Waals surface area (Å²) in [5.41, 5.74) is 1.49. The number of nitrogens with one attached hydrogen (secondary N) is 2. The monoisotopic (exact) mass is 384 g/mol. The summed E-state index contributed by atoms with van der Waals surface area (Å²) < 4.78 is 10.9. The Hall–Kier alpha value is -2.86. The highest BCUT2D eigenvalue weighted by Crippen LogP contribution is 2.20. The van der Waals surface area contributed by atoms with Crippen LogP contribution in [0.4, 0.5) is 5.69 Å². The van der Waals surface area contributed by atoms with E-state index >= 15 is 0 Å². The van der Waals surface area contributed by atoms with Gasteiger partial charge in [-0.25, -0.2) is 0 Å². The lowest BCUT2D eigenvalue weighted by atomic mass is 10.1. The Balaban J connectivity index is 2.03. The lowest BCUT2D eigenvalue weighted by Gasteiger charge is -2.12. The first-order chi connectivity index (χ1) is 13.7. The third-order valence-corrected chi connectivity index (χ3v) is 4.02. The van der Waals surface area contributed by atoms with Gasteiger partial charge in [-0.05, 0) is 43.7 Å². The van der Waals surface area contributed by atoms with Crippen LogP contribution in [0.15, 0.2) is 48.5 Å². The second-order valence-corrected chi connectivity index (χ2v) is 6.19. The molecule has 0 radical (unpaired) electrons. The quantitative estimate of drug-likeness (QED) is 0.577. The number of hydrogen-bond donors (Lipinski definition) is 2. The number of benzene rings is 2. The molecule has 0 atom stereocenters. The van der Waals surface area contributed by atoms with E-state index in [1.165, 1.54) is 0 Å². The van der Waals surface area contributed by atoms with Crippen molar-refractivity contribution in [3.8, 4) is 5.75 Å². The molecule has 150 valence electrons. The van der Waals surface area contributed by atoms with E-state index in [2.05, 4.69) is 17.6 Å². The largest absolute Gasteiger partial charge is 0.490 e. The summed E-state index contributed by atoms with van der Waals surface area (Å²) in [6, 6.07) is 13.9. The van der Waals surface area contributed by atoms with Gasteiger partial charge in [0.2, 0.25) is 0 Å². The Bertz CT molecular complexity index is 777. The number of anilines is 1. The summed E-state index contributed by atoms with van der Waals surface area (Å²) >= 11 is 0. The number of amides is 2. The van der Waals surface area contributed by atoms with Gasteiger partial charge in [0.1, 0.15) is 12.4 Å². The van der Waals surface area contributed by atoms with Crippen LogP contribution in [-0.4, -0.2) is 38.2 Å². The van der Waals surface area contributed by atoms with Gasteiger partial charge in [0.15, 0.2) is 0 Å². The molecular weight excluding hydrogens is 356 g/mol. The molecule has 2 N–H and O–H groups in total. The Morgan fingerprint density at radius 2 is 1.79 bits per heavy atom. The Morgan fingerprint density at radius 1 is 0.964 bits per heavy atom. The summed E-state index contributed by atoms with van der Waals surface area (Å²) in [6.07, 6.45) is 1.95. The van der Waals surface area contributed by atoms with Crippen LogP contribution in [0.2, 0.25) is 0 Å². The van der Waals surface area contributed by atoms with Gasteiger partial charge in [-0.15, -0.1) is 0 Å². The SMILES string of the molecule is CCCCNC(=O)c1cccc(NC(=O)c2ccccc2OCCOCC)c1. The van der Waals surface area contributed by atoms with Gasteiger partial charge in [0, 0.05) is 24.4 Å². The molecule has 28 heavy (non-hydrogen) atoms. The zero-order chi connectivity index (χ0) is 20.2. The van der Waals surface area contributed by atoms with E-state index in [9.17, 15) is 9.59 Å². The van der Waals surface area contributed by atoms with Gasteiger partial charge in [-0.1, -0.05) is 31.5 Å². The lowest BCUT2D eigenvalue weighted by molar-refractivity contribution is 0.0951. The topological polar surface area (TPSA) is 76.7 Å². The fourth-order valence-corrected chi connectivity index (χ4v) is 2.55. The molecule has 2 rings (SSSR count). The maximum absolute atomic E-state index is 12.7. The minimum atomic E-state index is -0.296. The summed E-state index contributed by atoms with van der Waals surface area (Å²) in [4.78, 5) is 24.9. The standard InChI is InChI=1S/C22H28N2O4/c1-3-5-13-23-21(25)17-9-8-10-18(16-17)24-22(26)19-11-6-7-12-20(19)28-15-14-27-4-2/h6-12,16H,3-5,13-15H2,1-2H3,(H,23,25)(H,24,26). The van der Waals surface area contributed by atoms with Gasteiger partial charge < -0.3 is 20.1 Å². The lowest BCUT2D eigenvalue weighted by Crippen LogP contribution is -2.24. The van der Waals surface area contributed by atoms with Crippen LogP contribution in [0.25, 0.3) is 0 Å². The average molecular weight is 384 g/mol. The van der Waals surface area contributed by atoms with E-state index < -0.39 is 0 Å². The van der Waals surface area contributed by atoms with Crippen LogP contribution >= 0.6 is 0 Å². The van der Waals surface area contributed by atoms with Crippen molar-refractivity contribution in [1.29, 1.82) is 0 Å². The maximum atomic E-state index is 12.7. The van der Waals surface area contributed by atoms with E-state index in [-0.39, 0.29) is 11.8 Å². The number of hydrogen-bond acceptors (Lipinski definition) is 4. The van der Waals surface area contributed by atoms with Crippen molar-refractivity contribution >= 4 is 17.5 Å². The third kappa shape index (κ3) is 6.70. The zero-order valence-corrected chi connectivity index (χ0v) is 16.5. The smallest absolute Gasteiger partial charge is 0.259 e. The Kier molecular flexibility index (Phi) is 9.01. The van der Waals surface area contributed by atoms with Gasteiger partial charge in [0.25, 0.3) is 11.8 Å². The normalized spacial score (nSPS) is 10.4. The van der Waals surface area contributed by atoms with Crippen molar-refractivity contribution in [2.24, 2.45) is 0 Å². The highest BCUT2D eigenvalue weighted by atomic mass is 16.5. The number of carbonyl (C=O) groups excluding carboxylic acids is 2. The van der Waals surface area contributed by atoms with Crippen molar-refractivity contribution in [3.63, 3.8) is 0 Å². The molecule has 2 aromatic carbocycles. The minimum absolute atomic E-state index is 0.149. The molecule has 0 aliphatic rings. The highest BCUT2D eigenvalue weighted by molar-refractivity contribution is 6.06. The highest BCUT2D eigenvalue weighted by Gasteiger charge is 2.13. The number of rotatable bonds is 11. The summed E-state index contributed by atoms with van der Waals surface area (Å²) in [5, 5.41) is 5.70. The van der Waals surface area contributed by atoms with Crippen LogP contribution in [0.3, 0.4) is 0 Å². The average Bonchev–Trinajstić information content (AvgIpc) is 2.72. The molecule has 0 spiro atoms. The van der Waals surface area contributed by atoms with Crippen LogP contribution in [-0.2, 0) is 4.74 Å². The van der Waals surface area contributed by atoms with Gasteiger partial charge >= 0.3 is 0 Å². The molecule has 0 unspecified atom stereocenters. The van der Waals surface area contributed by atoms with Crippen molar-refractivity contribution < 1.29 is 19.1 Å². The van der Waals surface area contributed by atoms with Crippen LogP contribution in [0, 0.1) is 0 Å². The molecule has 2 amide bonds. The molecule has 6 heteroatoms. The molecule has 0 aliphatic heterocycles. The fourth-order valence-electron chi connectivity index (χ4n) is 2.55. The third-order valence-electron chi connectivity index (χ3n) is 4.02. The number of unbranched alkanes of at least 4 members (excludes halogenated alkanes) is 1. The van der Waals surface area contributed by atoms with E-state index in [1.807, 2.05) is 13.0 Å². The van der Waals surface area contributed by atoms with Crippen molar-refractivity contribution in [1.82, 2.24) is 5.32 Å². The van der Waals surface area contributed by atoms with Crippen LogP contribution in [0.1, 0.15) is 47.4 Å². The predicted molar refractivity (Wildman–Crippen MR) is 110 cm³/mol. The Morgan fingerprint density at radius 3 is 2.57 bits per heavy atom. The molecule has 6 nitrogen and oxygen atoms in total. The van der Waals surface area contributed by atoms with E-state index in [1.54, 1.807) is 42.5 Å². The molecule has 0 saturated carbocycles. The molecule has 0 heterocycles. The van der Waals surface area contributed by atoms with Gasteiger partial charge in [-0.2, -0.15) is 0 Å². The molecule has 0 saturated heterocycles. The molecule has 2 aromatic rings. The number of ether oxygens (including phenoxy) is 2. The summed E-state index contributed by atoms with van der Waals surface area (Å²) in [7, 11) is 0. The van der Waals surface area contributed by atoms with E-state index in [0.717, 1.165) is 12.8 Å². The minimum Gasteiger partial charge on any atom is -0.490 e. The number of para-hydroxylation sites is 1. The van der Waals surface area contributed by atoms with Crippen molar-refractivity contribution in [2.45, 2.75) is 26.7 Å². The van der Waals surface area contributed by atoms with Gasteiger partial charge in [0.05, 0.1) is 12.2 Å². The van der Waals surface area contributed by atoms with Crippen LogP contribution in [0.5, 0.6) is 5.75 Å². The molecule has 0 bridgehead atoms. The Labute approximate surface area is 166 Å². The zero-order valence-electron chi connectivity index (χ0n) is 16.5. The summed E-state index contributed by atoms with van der Waals surface area (Å²) in [5.74, 6) is 0.0490. The first-order valence-corrected chi connectivity index (χ1v) is 9.64.